The molecule has 0 radical (unpaired) electrons. The van der Waals surface area contributed by atoms with Crippen molar-refractivity contribution in [3.63, 3.8) is 0 Å². The molecule has 112 valence electrons. The highest BCUT2D eigenvalue weighted by molar-refractivity contribution is 9.09. The summed E-state index contributed by atoms with van der Waals surface area (Å²) in [5, 5.41) is 0.973. The maximum atomic E-state index is 12.6. The standard InChI is InChI=1S/C15H24BrN3O/c1-12(2)11-18-10-8-17-14(15(18)20)19-9-4-3-5-13(19)6-7-16/h8,10,12-13H,3-7,9,11H2,1-2H3. The molecule has 1 aliphatic rings. The number of alkyl halides is 1. The third kappa shape index (κ3) is 3.62. The normalized spacial score (nSPS) is 19.6. The maximum Gasteiger partial charge on any atom is 0.293 e. The average Bonchev–Trinajstić information content (AvgIpc) is 2.42. The molecule has 1 saturated heterocycles. The molecule has 2 heterocycles. The van der Waals surface area contributed by atoms with Gasteiger partial charge in [-0.05, 0) is 31.6 Å². The van der Waals surface area contributed by atoms with Gasteiger partial charge in [0.1, 0.15) is 0 Å². The quantitative estimate of drug-likeness (QED) is 0.772. The molecule has 0 saturated carbocycles. The van der Waals surface area contributed by atoms with Crippen molar-refractivity contribution in [2.24, 2.45) is 5.92 Å². The van der Waals surface area contributed by atoms with Gasteiger partial charge >= 0.3 is 0 Å². The minimum absolute atomic E-state index is 0.0580. The average molecular weight is 342 g/mol. The molecule has 0 aromatic carbocycles. The summed E-state index contributed by atoms with van der Waals surface area (Å²) in [7, 11) is 0. The number of rotatable bonds is 5. The lowest BCUT2D eigenvalue weighted by molar-refractivity contribution is 0.443. The number of nitrogens with zero attached hydrogens (tertiary/aromatic N) is 3. The second-order valence-corrected chi connectivity index (χ2v) is 6.72. The molecule has 1 aromatic heterocycles. The van der Waals surface area contributed by atoms with Crippen LogP contribution < -0.4 is 10.5 Å². The summed E-state index contributed by atoms with van der Waals surface area (Å²) in [6.07, 6.45) is 8.19. The SMILES string of the molecule is CC(C)Cn1ccnc(N2CCCCC2CCBr)c1=O. The Kier molecular flexibility index (Phi) is 5.64. The van der Waals surface area contributed by atoms with E-state index in [9.17, 15) is 4.79 Å². The topological polar surface area (TPSA) is 38.1 Å². The van der Waals surface area contributed by atoms with Crippen molar-refractivity contribution >= 4 is 21.7 Å². The van der Waals surface area contributed by atoms with Crippen molar-refractivity contribution in [1.82, 2.24) is 9.55 Å². The van der Waals surface area contributed by atoms with E-state index in [-0.39, 0.29) is 5.56 Å². The fourth-order valence-corrected chi connectivity index (χ4v) is 3.40. The molecule has 1 aromatic rings. The third-order valence-electron chi connectivity index (χ3n) is 3.80. The molecule has 0 bridgehead atoms. The van der Waals surface area contributed by atoms with Crippen LogP contribution in [0.25, 0.3) is 0 Å². The van der Waals surface area contributed by atoms with Crippen LogP contribution in [0.15, 0.2) is 17.2 Å². The predicted octanol–water partition coefficient (Wildman–Crippen LogP) is 3.04. The van der Waals surface area contributed by atoms with E-state index in [2.05, 4.69) is 39.7 Å². The smallest absolute Gasteiger partial charge is 0.293 e. The third-order valence-corrected chi connectivity index (χ3v) is 4.26. The van der Waals surface area contributed by atoms with Gasteiger partial charge in [0.25, 0.3) is 5.56 Å². The lowest BCUT2D eigenvalue weighted by atomic mass is 10.0. The van der Waals surface area contributed by atoms with E-state index in [0.29, 0.717) is 17.8 Å². The molecule has 0 aliphatic carbocycles. The Bertz CT molecular complexity index is 484. The Hall–Kier alpha value is -0.840. The molecule has 1 fully saturated rings. The summed E-state index contributed by atoms with van der Waals surface area (Å²) in [6.45, 7) is 5.96. The number of hydrogen-bond acceptors (Lipinski definition) is 3. The first kappa shape index (κ1) is 15.5. The second kappa shape index (κ2) is 7.25. The Balaban J connectivity index is 2.28. The Morgan fingerprint density at radius 3 is 2.95 bits per heavy atom. The van der Waals surface area contributed by atoms with E-state index in [0.717, 1.165) is 37.7 Å². The van der Waals surface area contributed by atoms with Gasteiger partial charge in [-0.1, -0.05) is 29.8 Å². The molecule has 2 rings (SSSR count). The van der Waals surface area contributed by atoms with Gasteiger partial charge < -0.3 is 9.47 Å². The molecule has 1 atom stereocenters. The van der Waals surface area contributed by atoms with Crippen LogP contribution in [0.2, 0.25) is 0 Å². The van der Waals surface area contributed by atoms with E-state index in [4.69, 9.17) is 0 Å². The van der Waals surface area contributed by atoms with Crippen molar-refractivity contribution in [2.45, 2.75) is 52.1 Å². The zero-order valence-corrected chi connectivity index (χ0v) is 14.0. The minimum Gasteiger partial charge on any atom is -0.349 e. The van der Waals surface area contributed by atoms with Gasteiger partial charge in [-0.15, -0.1) is 0 Å². The molecule has 5 heteroatoms. The monoisotopic (exact) mass is 341 g/mol. The summed E-state index contributed by atoms with van der Waals surface area (Å²) in [4.78, 5) is 19.2. The highest BCUT2D eigenvalue weighted by atomic mass is 79.9. The van der Waals surface area contributed by atoms with Gasteiger partial charge in [0.15, 0.2) is 5.82 Å². The van der Waals surface area contributed by atoms with Crippen molar-refractivity contribution in [1.29, 1.82) is 0 Å². The summed E-state index contributed by atoms with van der Waals surface area (Å²) < 4.78 is 1.80. The van der Waals surface area contributed by atoms with Crippen LogP contribution in [0.4, 0.5) is 5.82 Å². The summed E-state index contributed by atoms with van der Waals surface area (Å²) in [5.41, 5.74) is 0.0580. The highest BCUT2D eigenvalue weighted by Gasteiger charge is 2.25. The summed E-state index contributed by atoms with van der Waals surface area (Å²) in [5.74, 6) is 1.10. The maximum absolute atomic E-state index is 12.6. The van der Waals surface area contributed by atoms with Gasteiger partial charge in [0, 0.05) is 36.9 Å². The molecular formula is C15H24BrN3O. The molecule has 1 unspecified atom stereocenters. The van der Waals surface area contributed by atoms with Crippen LogP contribution in [-0.2, 0) is 6.54 Å². The lowest BCUT2D eigenvalue weighted by Crippen LogP contribution is -2.44. The first-order chi connectivity index (χ1) is 9.63. The van der Waals surface area contributed by atoms with Crippen molar-refractivity contribution < 1.29 is 0 Å². The van der Waals surface area contributed by atoms with Crippen molar-refractivity contribution in [3.05, 3.63) is 22.7 Å². The number of aromatic nitrogens is 2. The van der Waals surface area contributed by atoms with Crippen molar-refractivity contribution in [3.8, 4) is 0 Å². The molecule has 0 N–H and O–H groups in total. The molecule has 4 nitrogen and oxygen atoms in total. The fraction of sp³-hybridized carbons (Fsp3) is 0.733. The number of piperidine rings is 1. The van der Waals surface area contributed by atoms with Crippen LogP contribution in [0.5, 0.6) is 0 Å². The number of anilines is 1. The summed E-state index contributed by atoms with van der Waals surface area (Å²) >= 11 is 3.52. The van der Waals surface area contributed by atoms with Gasteiger partial charge in [0.2, 0.25) is 0 Å². The van der Waals surface area contributed by atoms with Crippen molar-refractivity contribution in [2.75, 3.05) is 16.8 Å². The van der Waals surface area contributed by atoms with E-state index in [1.54, 1.807) is 17.0 Å². The van der Waals surface area contributed by atoms with Crippen LogP contribution in [0, 0.1) is 5.92 Å². The van der Waals surface area contributed by atoms with E-state index in [1.165, 1.54) is 6.42 Å². The Labute approximate surface area is 129 Å². The van der Waals surface area contributed by atoms with E-state index < -0.39 is 0 Å². The molecule has 1 aliphatic heterocycles. The molecule has 20 heavy (non-hydrogen) atoms. The number of hydrogen-bond donors (Lipinski definition) is 0. The largest absolute Gasteiger partial charge is 0.349 e. The van der Waals surface area contributed by atoms with Crippen LogP contribution in [-0.4, -0.2) is 27.5 Å². The Morgan fingerprint density at radius 2 is 2.25 bits per heavy atom. The summed E-state index contributed by atoms with van der Waals surface area (Å²) in [6, 6.07) is 0.443. The second-order valence-electron chi connectivity index (χ2n) is 5.92. The lowest BCUT2D eigenvalue weighted by Gasteiger charge is -2.36. The van der Waals surface area contributed by atoms with E-state index in [1.807, 2.05) is 0 Å². The zero-order valence-electron chi connectivity index (χ0n) is 12.4. The predicted molar refractivity (Wildman–Crippen MR) is 86.7 cm³/mol. The fourth-order valence-electron chi connectivity index (χ4n) is 2.88. The number of halogens is 1. The highest BCUT2D eigenvalue weighted by Crippen LogP contribution is 2.23. The Morgan fingerprint density at radius 1 is 1.45 bits per heavy atom. The first-order valence-corrected chi connectivity index (χ1v) is 8.63. The minimum atomic E-state index is 0.0580. The van der Waals surface area contributed by atoms with Crippen LogP contribution >= 0.6 is 15.9 Å². The van der Waals surface area contributed by atoms with Crippen LogP contribution in [0.3, 0.4) is 0 Å². The molecular weight excluding hydrogens is 318 g/mol. The van der Waals surface area contributed by atoms with Gasteiger partial charge in [-0.3, -0.25) is 4.79 Å². The van der Waals surface area contributed by atoms with E-state index >= 15 is 0 Å². The zero-order chi connectivity index (χ0) is 14.5. The van der Waals surface area contributed by atoms with Gasteiger partial charge in [0.05, 0.1) is 0 Å². The van der Waals surface area contributed by atoms with Crippen LogP contribution in [0.1, 0.15) is 39.5 Å². The first-order valence-electron chi connectivity index (χ1n) is 7.51. The molecule has 0 spiro atoms. The van der Waals surface area contributed by atoms with Gasteiger partial charge in [-0.25, -0.2) is 4.98 Å². The van der Waals surface area contributed by atoms with Gasteiger partial charge in [-0.2, -0.15) is 0 Å². The molecule has 0 amide bonds.